The summed E-state index contributed by atoms with van der Waals surface area (Å²) in [5.41, 5.74) is 2.15. The topological polar surface area (TPSA) is 39.4 Å². The Kier molecular flexibility index (Phi) is 3.71. The van der Waals surface area contributed by atoms with E-state index in [0.717, 1.165) is 14.5 Å². The van der Waals surface area contributed by atoms with Crippen molar-refractivity contribution in [2.45, 2.75) is 6.92 Å². The normalized spacial score (nSPS) is 10.8. The summed E-state index contributed by atoms with van der Waals surface area (Å²) < 4.78 is 12.0. The Morgan fingerprint density at radius 2 is 1.86 bits per heavy atom. The monoisotopic (exact) mass is 392 g/mol. The third kappa shape index (κ3) is 2.55. The number of ketones is 1. The molecule has 0 aliphatic rings. The molecular weight excluding hydrogens is 379 g/mol. The maximum Gasteiger partial charge on any atom is 0.228 e. The van der Waals surface area contributed by atoms with E-state index in [1.54, 1.807) is 13.2 Å². The number of fused-ring (bicyclic) bond motifs is 1. The molecule has 0 spiro atoms. The van der Waals surface area contributed by atoms with Gasteiger partial charge in [-0.15, -0.1) is 0 Å². The molecular formula is C17H13IO3. The molecule has 3 rings (SSSR count). The number of carbonyl (C=O) groups is 1. The second-order valence-corrected chi connectivity index (χ2v) is 6.00. The second kappa shape index (κ2) is 5.52. The highest BCUT2D eigenvalue weighted by atomic mass is 127. The fraction of sp³-hybridized carbons (Fsp3) is 0.118. The molecule has 1 heterocycles. The van der Waals surface area contributed by atoms with E-state index in [1.807, 2.05) is 43.3 Å². The molecule has 106 valence electrons. The molecule has 3 nitrogen and oxygen atoms in total. The summed E-state index contributed by atoms with van der Waals surface area (Å²) in [7, 11) is 1.61. The highest BCUT2D eigenvalue weighted by Gasteiger charge is 2.19. The zero-order chi connectivity index (χ0) is 15.0. The van der Waals surface area contributed by atoms with Crippen molar-refractivity contribution in [3.63, 3.8) is 0 Å². The Labute approximate surface area is 136 Å². The molecule has 0 aliphatic heterocycles. The molecule has 21 heavy (non-hydrogen) atoms. The van der Waals surface area contributed by atoms with E-state index >= 15 is 0 Å². The van der Waals surface area contributed by atoms with Gasteiger partial charge in [0.15, 0.2) is 5.76 Å². The highest BCUT2D eigenvalue weighted by Crippen LogP contribution is 2.30. The van der Waals surface area contributed by atoms with Crippen LogP contribution in [0.15, 0.2) is 46.9 Å². The minimum absolute atomic E-state index is 0.0981. The molecule has 1 aromatic heterocycles. The van der Waals surface area contributed by atoms with Gasteiger partial charge in [0.1, 0.15) is 11.3 Å². The molecule has 0 radical (unpaired) electrons. The minimum Gasteiger partial charge on any atom is -0.497 e. The van der Waals surface area contributed by atoms with Crippen LogP contribution in [0.25, 0.3) is 11.0 Å². The first-order valence-electron chi connectivity index (χ1n) is 6.47. The first-order valence-corrected chi connectivity index (χ1v) is 7.55. The molecule has 0 fully saturated rings. The Balaban J connectivity index is 2.09. The number of methoxy groups -OCH3 is 1. The highest BCUT2D eigenvalue weighted by molar-refractivity contribution is 14.1. The van der Waals surface area contributed by atoms with E-state index in [9.17, 15) is 4.79 Å². The number of ether oxygens (including phenoxy) is 1. The fourth-order valence-corrected chi connectivity index (χ4v) is 2.64. The zero-order valence-corrected chi connectivity index (χ0v) is 13.8. The molecule has 2 aromatic carbocycles. The van der Waals surface area contributed by atoms with Crippen molar-refractivity contribution in [3.8, 4) is 5.75 Å². The molecule has 0 saturated carbocycles. The van der Waals surface area contributed by atoms with Gasteiger partial charge in [-0.05, 0) is 65.9 Å². The standard InChI is InChI=1S/C17H13IO3/c1-10-14-8-7-13(20-2)9-15(14)21-17(10)16(19)11-3-5-12(18)6-4-11/h3-9H,1-2H3. The van der Waals surface area contributed by atoms with E-state index in [-0.39, 0.29) is 5.78 Å². The molecule has 4 heteroatoms. The van der Waals surface area contributed by atoms with Gasteiger partial charge in [0.05, 0.1) is 7.11 Å². The predicted molar refractivity (Wildman–Crippen MR) is 90.1 cm³/mol. The summed E-state index contributed by atoms with van der Waals surface area (Å²) >= 11 is 2.21. The summed E-state index contributed by atoms with van der Waals surface area (Å²) in [4.78, 5) is 12.6. The van der Waals surface area contributed by atoms with Gasteiger partial charge < -0.3 is 9.15 Å². The fourth-order valence-electron chi connectivity index (χ4n) is 2.28. The van der Waals surface area contributed by atoms with E-state index in [2.05, 4.69) is 22.6 Å². The van der Waals surface area contributed by atoms with Crippen LogP contribution < -0.4 is 4.74 Å². The Hall–Kier alpha value is -1.82. The molecule has 0 atom stereocenters. The van der Waals surface area contributed by atoms with Crippen LogP contribution in [0.5, 0.6) is 5.75 Å². The van der Waals surface area contributed by atoms with Gasteiger partial charge in [-0.2, -0.15) is 0 Å². The maximum absolute atomic E-state index is 12.6. The number of carbonyl (C=O) groups excluding carboxylic acids is 1. The van der Waals surface area contributed by atoms with Crippen molar-refractivity contribution in [1.29, 1.82) is 0 Å². The molecule has 0 saturated heterocycles. The second-order valence-electron chi connectivity index (χ2n) is 4.75. The lowest BCUT2D eigenvalue weighted by Crippen LogP contribution is -2.01. The first kappa shape index (κ1) is 14.1. The Morgan fingerprint density at radius 1 is 1.14 bits per heavy atom. The molecule has 0 bridgehead atoms. The smallest absolute Gasteiger partial charge is 0.228 e. The van der Waals surface area contributed by atoms with Crippen LogP contribution in [-0.2, 0) is 0 Å². The van der Waals surface area contributed by atoms with Crippen molar-refractivity contribution in [2.75, 3.05) is 7.11 Å². The van der Waals surface area contributed by atoms with Crippen molar-refractivity contribution in [3.05, 3.63) is 62.9 Å². The Morgan fingerprint density at radius 3 is 2.52 bits per heavy atom. The van der Waals surface area contributed by atoms with Crippen LogP contribution in [0.1, 0.15) is 21.7 Å². The van der Waals surface area contributed by atoms with Crippen LogP contribution >= 0.6 is 22.6 Å². The lowest BCUT2D eigenvalue weighted by Gasteiger charge is -1.99. The van der Waals surface area contributed by atoms with Gasteiger partial charge in [-0.1, -0.05) is 0 Å². The minimum atomic E-state index is -0.0981. The molecule has 0 amide bonds. The number of halogens is 1. The average molecular weight is 392 g/mol. The molecule has 0 N–H and O–H groups in total. The lowest BCUT2D eigenvalue weighted by molar-refractivity contribution is 0.101. The number of aryl methyl sites for hydroxylation is 1. The van der Waals surface area contributed by atoms with Gasteiger partial charge in [0, 0.05) is 26.1 Å². The summed E-state index contributed by atoms with van der Waals surface area (Å²) in [6.07, 6.45) is 0. The van der Waals surface area contributed by atoms with Crippen molar-refractivity contribution >= 4 is 39.3 Å². The van der Waals surface area contributed by atoms with Crippen molar-refractivity contribution in [1.82, 2.24) is 0 Å². The summed E-state index contributed by atoms with van der Waals surface area (Å²) in [6.45, 7) is 1.90. The van der Waals surface area contributed by atoms with Crippen LogP contribution in [0.3, 0.4) is 0 Å². The molecule has 3 aromatic rings. The number of rotatable bonds is 3. The average Bonchev–Trinajstić information content (AvgIpc) is 2.83. The van der Waals surface area contributed by atoms with Crippen molar-refractivity contribution < 1.29 is 13.9 Å². The van der Waals surface area contributed by atoms with E-state index in [4.69, 9.17) is 9.15 Å². The quantitative estimate of drug-likeness (QED) is 0.484. The SMILES string of the molecule is COc1ccc2c(C)c(C(=O)c3ccc(I)cc3)oc2c1. The van der Waals surface area contributed by atoms with Crippen LogP contribution in [0.2, 0.25) is 0 Å². The molecule has 0 aliphatic carbocycles. The predicted octanol–water partition coefficient (Wildman–Crippen LogP) is 4.59. The van der Waals surface area contributed by atoms with Gasteiger partial charge in [0.25, 0.3) is 0 Å². The van der Waals surface area contributed by atoms with E-state index < -0.39 is 0 Å². The number of furan rings is 1. The van der Waals surface area contributed by atoms with Crippen LogP contribution in [0.4, 0.5) is 0 Å². The van der Waals surface area contributed by atoms with Gasteiger partial charge in [-0.25, -0.2) is 0 Å². The number of benzene rings is 2. The Bertz CT molecular complexity index is 816. The third-order valence-corrected chi connectivity index (χ3v) is 4.18. The third-order valence-electron chi connectivity index (χ3n) is 3.46. The van der Waals surface area contributed by atoms with Crippen LogP contribution in [-0.4, -0.2) is 12.9 Å². The van der Waals surface area contributed by atoms with E-state index in [0.29, 0.717) is 22.7 Å². The summed E-state index contributed by atoms with van der Waals surface area (Å²) in [5, 5.41) is 0.935. The maximum atomic E-state index is 12.6. The lowest BCUT2D eigenvalue weighted by atomic mass is 10.0. The van der Waals surface area contributed by atoms with Gasteiger partial charge >= 0.3 is 0 Å². The van der Waals surface area contributed by atoms with E-state index in [1.165, 1.54) is 0 Å². The number of hydrogen-bond donors (Lipinski definition) is 0. The summed E-state index contributed by atoms with van der Waals surface area (Å²) in [6, 6.07) is 13.0. The first-order chi connectivity index (χ1) is 10.1. The van der Waals surface area contributed by atoms with Gasteiger partial charge in [0.2, 0.25) is 5.78 Å². The summed E-state index contributed by atoms with van der Waals surface area (Å²) in [5.74, 6) is 1.00. The zero-order valence-electron chi connectivity index (χ0n) is 11.6. The largest absolute Gasteiger partial charge is 0.497 e. The molecule has 0 unspecified atom stereocenters. The number of hydrogen-bond acceptors (Lipinski definition) is 3. The van der Waals surface area contributed by atoms with Crippen molar-refractivity contribution in [2.24, 2.45) is 0 Å². The van der Waals surface area contributed by atoms with Crippen LogP contribution in [0, 0.1) is 10.5 Å². The van der Waals surface area contributed by atoms with Gasteiger partial charge in [-0.3, -0.25) is 4.79 Å².